The van der Waals surface area contributed by atoms with Crippen LogP contribution in [0, 0.1) is 32.9 Å². The Hall–Kier alpha value is -5.09. The molecule has 0 bridgehead atoms. The van der Waals surface area contributed by atoms with E-state index in [0.717, 1.165) is 38.9 Å². The first-order chi connectivity index (χ1) is 22.0. The third-order valence-corrected chi connectivity index (χ3v) is 8.27. The van der Waals surface area contributed by atoms with Crippen LogP contribution in [0.15, 0.2) is 128 Å². The molecule has 5 aromatic carbocycles. The monoisotopic (exact) mass is 771 g/mol. The van der Waals surface area contributed by atoms with E-state index in [-0.39, 0.29) is 20.1 Å². The molecule has 0 atom stereocenters. The van der Waals surface area contributed by atoms with Gasteiger partial charge in [0.2, 0.25) is 0 Å². The van der Waals surface area contributed by atoms with E-state index < -0.39 is 0 Å². The van der Waals surface area contributed by atoms with Crippen LogP contribution in [0.5, 0.6) is 0 Å². The van der Waals surface area contributed by atoms with Gasteiger partial charge in [0.15, 0.2) is 0 Å². The fourth-order valence-electron chi connectivity index (χ4n) is 5.55. The number of rotatable bonds is 3. The smallest absolute Gasteiger partial charge is 0.0756 e. The van der Waals surface area contributed by atoms with Crippen LogP contribution in [-0.2, 0) is 20.1 Å². The summed E-state index contributed by atoms with van der Waals surface area (Å²) >= 11 is 0. The summed E-state index contributed by atoms with van der Waals surface area (Å²) in [6, 6.07) is 41.7. The maximum absolute atomic E-state index is 4.77. The molecule has 5 heteroatoms. The number of benzene rings is 5. The van der Waals surface area contributed by atoms with E-state index in [1.807, 2.05) is 67.1 Å². The van der Waals surface area contributed by atoms with E-state index in [0.29, 0.717) is 5.82 Å². The van der Waals surface area contributed by atoms with Gasteiger partial charge < -0.3 is 4.98 Å². The quantitative estimate of drug-likeness (QED) is 0.133. The van der Waals surface area contributed by atoms with Gasteiger partial charge in [-0.2, -0.15) is 0 Å². The van der Waals surface area contributed by atoms with Crippen molar-refractivity contribution < 1.29 is 20.1 Å². The fourth-order valence-corrected chi connectivity index (χ4v) is 5.55. The molecule has 0 spiro atoms. The van der Waals surface area contributed by atoms with Gasteiger partial charge in [0.25, 0.3) is 0 Å². The number of aromatic nitrogens is 4. The standard InChI is InChI=1S/C23H14N3.C18H16N.Ir/c1-2-9-20-16(5-1)10-11-22-21(20)15-25-23(26-22)18-7-3-6-17(13-18)19-8-4-12-24-14-19;1-12-8-17(9-13(2)14(12)3)18-10-15-6-4-5-7-16(15)11-19-18;/h1-6,8-15H;4-8,10-11H,1-3H3;/q2*-1;. The van der Waals surface area contributed by atoms with E-state index in [4.69, 9.17) is 4.98 Å². The van der Waals surface area contributed by atoms with Crippen molar-refractivity contribution in [2.75, 3.05) is 0 Å². The Balaban J connectivity index is 0.000000166. The van der Waals surface area contributed by atoms with Gasteiger partial charge in [-0.05, 0) is 44.9 Å². The molecule has 225 valence electrons. The van der Waals surface area contributed by atoms with Gasteiger partial charge in [-0.3, -0.25) is 15.0 Å². The van der Waals surface area contributed by atoms with Crippen LogP contribution in [0.1, 0.15) is 16.7 Å². The number of fused-ring (bicyclic) bond motifs is 4. The summed E-state index contributed by atoms with van der Waals surface area (Å²) in [4.78, 5) is 18.1. The molecule has 0 aliphatic rings. The van der Waals surface area contributed by atoms with Crippen molar-refractivity contribution in [1.29, 1.82) is 0 Å². The van der Waals surface area contributed by atoms with Gasteiger partial charge in [0.05, 0.1) is 11.3 Å². The molecule has 0 aliphatic heterocycles. The summed E-state index contributed by atoms with van der Waals surface area (Å²) < 4.78 is 0. The number of hydrogen-bond acceptors (Lipinski definition) is 4. The van der Waals surface area contributed by atoms with Crippen molar-refractivity contribution in [2.45, 2.75) is 20.8 Å². The fraction of sp³-hybridized carbons (Fsp3) is 0.0732. The number of pyridine rings is 2. The second-order valence-corrected chi connectivity index (χ2v) is 11.2. The largest absolute Gasteiger partial charge is 0.304 e. The summed E-state index contributed by atoms with van der Waals surface area (Å²) in [5.41, 5.74) is 9.82. The number of aryl methyl sites for hydroxylation is 2. The molecule has 0 fully saturated rings. The van der Waals surface area contributed by atoms with E-state index in [9.17, 15) is 0 Å². The molecule has 0 unspecified atom stereocenters. The number of nitrogens with zero attached hydrogens (tertiary/aromatic N) is 4. The van der Waals surface area contributed by atoms with Gasteiger partial charge >= 0.3 is 0 Å². The van der Waals surface area contributed by atoms with Crippen molar-refractivity contribution in [3.05, 3.63) is 157 Å². The van der Waals surface area contributed by atoms with Crippen molar-refractivity contribution >= 4 is 32.4 Å². The Bertz CT molecular complexity index is 2290. The average molecular weight is 771 g/mol. The van der Waals surface area contributed by atoms with Gasteiger partial charge in [-0.15, -0.1) is 64.2 Å². The summed E-state index contributed by atoms with van der Waals surface area (Å²) in [5, 5.41) is 5.82. The maximum atomic E-state index is 4.77. The Kier molecular flexibility index (Phi) is 9.07. The van der Waals surface area contributed by atoms with Gasteiger partial charge in [0.1, 0.15) is 0 Å². The third kappa shape index (κ3) is 6.34. The molecule has 3 aromatic heterocycles. The number of hydrogen-bond donors (Lipinski definition) is 0. The molecule has 8 aromatic rings. The molecule has 0 N–H and O–H groups in total. The minimum absolute atomic E-state index is 0. The molecule has 0 saturated heterocycles. The zero-order valence-corrected chi connectivity index (χ0v) is 28.1. The minimum atomic E-state index is 0. The topological polar surface area (TPSA) is 51.6 Å². The van der Waals surface area contributed by atoms with E-state index >= 15 is 0 Å². The van der Waals surface area contributed by atoms with Crippen LogP contribution in [0.3, 0.4) is 0 Å². The average Bonchev–Trinajstić information content (AvgIpc) is 3.10. The molecular formula is C41H30IrN4-2. The van der Waals surface area contributed by atoms with Crippen LogP contribution in [-0.4, -0.2) is 19.9 Å². The SMILES string of the molecule is Cc1[c-]c(-c2cc3ccccc3cn2)cc(C)c1C.[Ir].[c-]1ccc(-c2cccnc2)cc1-c1ncc2c(ccc3ccccc32)n1. The molecule has 8 rings (SSSR count). The molecule has 1 radical (unpaired) electrons. The van der Waals surface area contributed by atoms with Crippen molar-refractivity contribution in [2.24, 2.45) is 0 Å². The van der Waals surface area contributed by atoms with Crippen molar-refractivity contribution in [3.8, 4) is 33.8 Å². The van der Waals surface area contributed by atoms with Crippen LogP contribution < -0.4 is 0 Å². The first kappa shape index (κ1) is 30.9. The van der Waals surface area contributed by atoms with Crippen molar-refractivity contribution in [3.63, 3.8) is 0 Å². The van der Waals surface area contributed by atoms with Crippen LogP contribution >= 0.6 is 0 Å². The third-order valence-electron chi connectivity index (χ3n) is 8.27. The van der Waals surface area contributed by atoms with Gasteiger partial charge in [-0.1, -0.05) is 93.1 Å². The molecular weight excluding hydrogens is 741 g/mol. The molecule has 3 heterocycles. The molecule has 0 saturated carbocycles. The normalized spacial score (nSPS) is 10.8. The molecule has 46 heavy (non-hydrogen) atoms. The second kappa shape index (κ2) is 13.5. The van der Waals surface area contributed by atoms with Crippen LogP contribution in [0.25, 0.3) is 66.2 Å². The van der Waals surface area contributed by atoms with E-state index in [1.54, 1.807) is 6.20 Å². The van der Waals surface area contributed by atoms with Gasteiger partial charge in [-0.25, -0.2) is 0 Å². The zero-order valence-electron chi connectivity index (χ0n) is 25.7. The van der Waals surface area contributed by atoms with Crippen LogP contribution in [0.4, 0.5) is 0 Å². The summed E-state index contributed by atoms with van der Waals surface area (Å²) in [6.07, 6.45) is 7.47. The molecule has 0 aliphatic carbocycles. The summed E-state index contributed by atoms with van der Waals surface area (Å²) in [6.45, 7) is 6.38. The molecule has 0 amide bonds. The Morgan fingerprint density at radius 3 is 2.22 bits per heavy atom. The Morgan fingerprint density at radius 2 is 1.41 bits per heavy atom. The predicted molar refractivity (Wildman–Crippen MR) is 185 cm³/mol. The Morgan fingerprint density at radius 1 is 0.609 bits per heavy atom. The second-order valence-electron chi connectivity index (χ2n) is 11.2. The maximum Gasteiger partial charge on any atom is 0.0756 e. The van der Waals surface area contributed by atoms with Gasteiger partial charge in [0, 0.05) is 50.3 Å². The molecule has 4 nitrogen and oxygen atoms in total. The Labute approximate surface area is 282 Å². The van der Waals surface area contributed by atoms with Crippen LogP contribution in [0.2, 0.25) is 0 Å². The first-order valence-corrected chi connectivity index (χ1v) is 15.0. The minimum Gasteiger partial charge on any atom is -0.304 e. The van der Waals surface area contributed by atoms with Crippen molar-refractivity contribution in [1.82, 2.24) is 19.9 Å². The predicted octanol–water partition coefficient (Wildman–Crippen LogP) is 9.94. The summed E-state index contributed by atoms with van der Waals surface area (Å²) in [7, 11) is 0. The zero-order chi connectivity index (χ0) is 30.8. The van der Waals surface area contributed by atoms with E-state index in [1.165, 1.54) is 38.2 Å². The first-order valence-electron chi connectivity index (χ1n) is 15.0. The van der Waals surface area contributed by atoms with E-state index in [2.05, 4.69) is 102 Å². The summed E-state index contributed by atoms with van der Waals surface area (Å²) in [5.74, 6) is 0.679.